The van der Waals surface area contributed by atoms with Crippen LogP contribution in [-0.4, -0.2) is 21.5 Å². The number of nitrogens with zero attached hydrogens (tertiary/aromatic N) is 2. The zero-order valence-corrected chi connectivity index (χ0v) is 12.7. The molecule has 5 heteroatoms. The van der Waals surface area contributed by atoms with Crippen LogP contribution in [0, 0.1) is 6.92 Å². The van der Waals surface area contributed by atoms with Gasteiger partial charge in [-0.05, 0) is 31.5 Å². The Morgan fingerprint density at radius 3 is 2.80 bits per heavy atom. The van der Waals surface area contributed by atoms with E-state index in [0.717, 1.165) is 39.0 Å². The summed E-state index contributed by atoms with van der Waals surface area (Å²) in [6.07, 6.45) is 2.81. The Balaban J connectivity index is 2.19. The third kappa shape index (κ3) is 2.23. The van der Waals surface area contributed by atoms with Crippen molar-refractivity contribution >= 4 is 27.0 Å². The molecule has 0 unspecified atom stereocenters. The van der Waals surface area contributed by atoms with Crippen LogP contribution in [0.4, 0.5) is 0 Å². The van der Waals surface area contributed by atoms with Crippen LogP contribution in [0.1, 0.15) is 11.3 Å². The molecule has 0 bridgehead atoms. The number of rotatable bonds is 3. The van der Waals surface area contributed by atoms with E-state index in [1.54, 1.807) is 0 Å². The van der Waals surface area contributed by atoms with Crippen molar-refractivity contribution in [2.45, 2.75) is 13.3 Å². The summed E-state index contributed by atoms with van der Waals surface area (Å²) >= 11 is 3.54. The summed E-state index contributed by atoms with van der Waals surface area (Å²) in [6.45, 7) is 2.64. The molecule has 20 heavy (non-hydrogen) atoms. The van der Waals surface area contributed by atoms with Crippen LogP contribution >= 0.6 is 15.9 Å². The van der Waals surface area contributed by atoms with Gasteiger partial charge in [-0.15, -0.1) is 0 Å². The quantitative estimate of drug-likeness (QED) is 0.774. The summed E-state index contributed by atoms with van der Waals surface area (Å²) < 4.78 is 0.993. The van der Waals surface area contributed by atoms with E-state index in [9.17, 15) is 0 Å². The summed E-state index contributed by atoms with van der Waals surface area (Å²) in [5.41, 5.74) is 9.66. The van der Waals surface area contributed by atoms with Gasteiger partial charge in [0.25, 0.3) is 0 Å². The minimum absolute atomic E-state index is 0.623. The lowest BCUT2D eigenvalue weighted by molar-refractivity contribution is 0.974. The predicted molar refractivity (Wildman–Crippen MR) is 84.5 cm³/mol. The molecule has 2 aromatic heterocycles. The second-order valence-corrected chi connectivity index (χ2v) is 5.54. The van der Waals surface area contributed by atoms with Crippen molar-refractivity contribution < 1.29 is 0 Å². The van der Waals surface area contributed by atoms with Crippen molar-refractivity contribution in [1.29, 1.82) is 0 Å². The maximum absolute atomic E-state index is 5.64. The molecule has 1 aromatic carbocycles. The molecule has 0 fully saturated rings. The smallest absolute Gasteiger partial charge is 0.162 e. The number of aromatic nitrogens is 3. The predicted octanol–water partition coefficient (Wildman–Crippen LogP) is 3.20. The van der Waals surface area contributed by atoms with Gasteiger partial charge in [-0.3, -0.25) is 0 Å². The van der Waals surface area contributed by atoms with E-state index in [-0.39, 0.29) is 0 Å². The normalized spacial score (nSPS) is 11.2. The Morgan fingerprint density at radius 1 is 1.25 bits per heavy atom. The highest BCUT2D eigenvalue weighted by atomic mass is 79.9. The van der Waals surface area contributed by atoms with E-state index in [1.807, 2.05) is 37.4 Å². The number of benzene rings is 1. The topological polar surface area (TPSA) is 67.6 Å². The van der Waals surface area contributed by atoms with Crippen LogP contribution in [0.25, 0.3) is 22.4 Å². The van der Waals surface area contributed by atoms with Gasteiger partial charge >= 0.3 is 0 Å². The van der Waals surface area contributed by atoms with Gasteiger partial charge in [0.2, 0.25) is 0 Å². The van der Waals surface area contributed by atoms with Crippen LogP contribution in [0.2, 0.25) is 0 Å². The summed E-state index contributed by atoms with van der Waals surface area (Å²) in [5.74, 6) is 0.726. The lowest BCUT2D eigenvalue weighted by atomic mass is 10.1. The molecule has 0 atom stereocenters. The molecular weight excluding hydrogens is 316 g/mol. The van der Waals surface area contributed by atoms with Crippen molar-refractivity contribution in [3.8, 4) is 11.4 Å². The maximum atomic E-state index is 5.64. The molecule has 4 nitrogen and oxygen atoms in total. The third-order valence-corrected chi connectivity index (χ3v) is 4.01. The molecule has 0 saturated carbocycles. The van der Waals surface area contributed by atoms with Crippen molar-refractivity contribution in [2.24, 2.45) is 5.73 Å². The Morgan fingerprint density at radius 2 is 2.05 bits per heavy atom. The fraction of sp³-hybridized carbons (Fsp3) is 0.200. The molecule has 0 aliphatic heterocycles. The number of fused-ring (bicyclic) bond motifs is 1. The molecule has 3 aromatic rings. The summed E-state index contributed by atoms with van der Waals surface area (Å²) in [6, 6.07) is 7.96. The molecule has 0 radical (unpaired) electrons. The summed E-state index contributed by atoms with van der Waals surface area (Å²) in [4.78, 5) is 12.5. The number of halogens is 1. The molecule has 0 aliphatic rings. The van der Waals surface area contributed by atoms with Gasteiger partial charge in [-0.25, -0.2) is 9.97 Å². The molecule has 2 heterocycles. The lowest BCUT2D eigenvalue weighted by Gasteiger charge is -2.06. The van der Waals surface area contributed by atoms with Gasteiger partial charge in [-0.2, -0.15) is 0 Å². The van der Waals surface area contributed by atoms with Gasteiger partial charge in [0.15, 0.2) is 5.82 Å². The van der Waals surface area contributed by atoms with Crippen molar-refractivity contribution in [3.63, 3.8) is 0 Å². The first-order valence-electron chi connectivity index (χ1n) is 6.50. The largest absolute Gasteiger partial charge is 0.346 e. The van der Waals surface area contributed by atoms with E-state index in [1.165, 1.54) is 5.56 Å². The van der Waals surface area contributed by atoms with Gasteiger partial charge in [-0.1, -0.05) is 34.1 Å². The fourth-order valence-corrected chi connectivity index (χ4v) is 2.87. The monoisotopic (exact) mass is 330 g/mol. The lowest BCUT2D eigenvalue weighted by Crippen LogP contribution is -2.03. The second-order valence-electron chi connectivity index (χ2n) is 4.69. The molecule has 3 N–H and O–H groups in total. The van der Waals surface area contributed by atoms with E-state index >= 15 is 0 Å². The van der Waals surface area contributed by atoms with Crippen LogP contribution < -0.4 is 5.73 Å². The highest BCUT2D eigenvalue weighted by Crippen LogP contribution is 2.28. The van der Waals surface area contributed by atoms with Crippen molar-refractivity contribution in [3.05, 3.63) is 46.2 Å². The minimum Gasteiger partial charge on any atom is -0.346 e. The number of aryl methyl sites for hydroxylation is 1. The van der Waals surface area contributed by atoms with E-state index in [0.29, 0.717) is 6.54 Å². The number of H-pyrrole nitrogens is 1. The van der Waals surface area contributed by atoms with Crippen LogP contribution in [0.3, 0.4) is 0 Å². The summed E-state index contributed by atoms with van der Waals surface area (Å²) in [5, 5.41) is 1.09. The van der Waals surface area contributed by atoms with E-state index in [4.69, 9.17) is 5.73 Å². The molecule has 3 rings (SSSR count). The van der Waals surface area contributed by atoms with Gasteiger partial charge < -0.3 is 10.7 Å². The van der Waals surface area contributed by atoms with Gasteiger partial charge in [0.1, 0.15) is 5.65 Å². The van der Waals surface area contributed by atoms with E-state index < -0.39 is 0 Å². The number of nitrogens with one attached hydrogen (secondary N) is 1. The first kappa shape index (κ1) is 13.3. The average Bonchev–Trinajstić information content (AvgIpc) is 2.83. The molecular formula is C15H15BrN4. The van der Waals surface area contributed by atoms with Gasteiger partial charge in [0.05, 0.1) is 5.69 Å². The van der Waals surface area contributed by atoms with Crippen molar-refractivity contribution in [1.82, 2.24) is 15.0 Å². The highest BCUT2D eigenvalue weighted by molar-refractivity contribution is 9.10. The molecule has 102 valence electrons. The van der Waals surface area contributed by atoms with Crippen LogP contribution in [-0.2, 0) is 6.42 Å². The number of hydrogen-bond donors (Lipinski definition) is 2. The van der Waals surface area contributed by atoms with E-state index in [2.05, 4.69) is 30.9 Å². The minimum atomic E-state index is 0.623. The summed E-state index contributed by atoms with van der Waals surface area (Å²) in [7, 11) is 0. The average molecular weight is 331 g/mol. The first-order chi connectivity index (χ1) is 9.70. The molecule has 0 spiro atoms. The Kier molecular flexibility index (Phi) is 3.54. The molecule has 0 saturated heterocycles. The van der Waals surface area contributed by atoms with Crippen LogP contribution in [0.5, 0.6) is 0 Å². The maximum Gasteiger partial charge on any atom is 0.162 e. The zero-order valence-electron chi connectivity index (χ0n) is 11.2. The zero-order chi connectivity index (χ0) is 14.1. The van der Waals surface area contributed by atoms with Crippen LogP contribution in [0.15, 0.2) is 34.9 Å². The number of hydrogen-bond acceptors (Lipinski definition) is 3. The molecule has 0 amide bonds. The second kappa shape index (κ2) is 5.34. The Bertz CT molecular complexity index is 764. The van der Waals surface area contributed by atoms with Gasteiger partial charge in [0, 0.05) is 21.6 Å². The number of nitrogens with two attached hydrogens (primary N) is 1. The Labute approximate surface area is 125 Å². The standard InChI is InChI=1S/C15H15BrN4/c1-9-13-10(6-7-17)8-18-15(13)20-14(19-9)11-4-2-3-5-12(11)16/h2-5,8H,6-7,17H2,1H3,(H,18,19,20). The highest BCUT2D eigenvalue weighted by Gasteiger charge is 2.13. The first-order valence-corrected chi connectivity index (χ1v) is 7.29. The van der Waals surface area contributed by atoms with Crippen molar-refractivity contribution in [2.75, 3.05) is 6.54 Å². The fourth-order valence-electron chi connectivity index (χ4n) is 2.41. The Hall–Kier alpha value is -1.72. The SMILES string of the molecule is Cc1nc(-c2ccccc2Br)nc2[nH]cc(CCN)c12. The molecule has 0 aliphatic carbocycles. The third-order valence-electron chi connectivity index (χ3n) is 3.32. The number of aromatic amines is 1.